The van der Waals surface area contributed by atoms with Crippen molar-refractivity contribution in [3.63, 3.8) is 0 Å². The minimum atomic E-state index is -0.219. The average molecular weight is 293 g/mol. The number of halogens is 2. The lowest BCUT2D eigenvalue weighted by molar-refractivity contribution is 0.615. The van der Waals surface area contributed by atoms with E-state index in [1.54, 1.807) is 6.07 Å². The van der Waals surface area contributed by atoms with Gasteiger partial charge in [0.1, 0.15) is 16.8 Å². The second-order valence-corrected chi connectivity index (χ2v) is 5.12. The van der Waals surface area contributed by atoms with Crippen LogP contribution in [0.25, 0.3) is 0 Å². The highest BCUT2D eigenvalue weighted by Crippen LogP contribution is 2.24. The van der Waals surface area contributed by atoms with Crippen LogP contribution in [0, 0.1) is 5.82 Å². The number of aromatic nitrogens is 1. The van der Waals surface area contributed by atoms with E-state index in [0.717, 1.165) is 30.6 Å². The molecule has 0 amide bonds. The van der Waals surface area contributed by atoms with Gasteiger partial charge in [0, 0.05) is 0 Å². The zero-order valence-electron chi connectivity index (χ0n) is 11.4. The van der Waals surface area contributed by atoms with Crippen molar-refractivity contribution in [2.75, 3.05) is 5.32 Å². The number of nitrogens with one attached hydrogen (secondary N) is 1. The fraction of sp³-hybridized carbons (Fsp3) is 0.312. The number of hydrogen-bond donors (Lipinski definition) is 1. The van der Waals surface area contributed by atoms with Crippen molar-refractivity contribution in [3.05, 3.63) is 59.0 Å². The molecule has 1 aromatic heterocycles. The molecule has 106 valence electrons. The fourth-order valence-electron chi connectivity index (χ4n) is 2.09. The van der Waals surface area contributed by atoms with Crippen molar-refractivity contribution in [1.82, 2.24) is 4.98 Å². The van der Waals surface area contributed by atoms with Crippen molar-refractivity contribution in [1.29, 1.82) is 0 Å². The molecule has 0 bridgehead atoms. The first-order chi connectivity index (χ1) is 9.69. The first kappa shape index (κ1) is 14.8. The standard InChI is InChI=1S/C16H18ClFN2/c1-2-3-5-14(12-8-10-13(18)11-9-12)19-16-7-4-6-15(17)20-16/h4,6-11,14H,2-3,5H2,1H3,(H,19,20). The van der Waals surface area contributed by atoms with Crippen LogP contribution in [-0.4, -0.2) is 4.98 Å². The molecule has 2 aromatic rings. The molecule has 1 unspecified atom stereocenters. The Morgan fingerprint density at radius 3 is 2.60 bits per heavy atom. The topological polar surface area (TPSA) is 24.9 Å². The Balaban J connectivity index is 2.16. The van der Waals surface area contributed by atoms with Crippen LogP contribution in [0.3, 0.4) is 0 Å². The molecule has 2 rings (SSSR count). The van der Waals surface area contributed by atoms with Crippen LogP contribution in [0.5, 0.6) is 0 Å². The predicted octanol–water partition coefficient (Wildman–Crippen LogP) is 5.22. The fourth-order valence-corrected chi connectivity index (χ4v) is 2.26. The number of hydrogen-bond acceptors (Lipinski definition) is 2. The number of unbranched alkanes of at least 4 members (excludes halogenated alkanes) is 1. The van der Waals surface area contributed by atoms with Crippen molar-refractivity contribution in [2.45, 2.75) is 32.2 Å². The summed E-state index contributed by atoms with van der Waals surface area (Å²) in [6.45, 7) is 2.15. The SMILES string of the molecule is CCCCC(Nc1cccc(Cl)n1)c1ccc(F)cc1. The quantitative estimate of drug-likeness (QED) is 0.739. The van der Waals surface area contributed by atoms with Crippen LogP contribution < -0.4 is 5.32 Å². The van der Waals surface area contributed by atoms with Crippen LogP contribution in [-0.2, 0) is 0 Å². The second-order valence-electron chi connectivity index (χ2n) is 4.74. The van der Waals surface area contributed by atoms with Crippen molar-refractivity contribution in [2.24, 2.45) is 0 Å². The van der Waals surface area contributed by atoms with Gasteiger partial charge in [-0.1, -0.05) is 49.6 Å². The van der Waals surface area contributed by atoms with E-state index in [2.05, 4.69) is 17.2 Å². The molecule has 2 nitrogen and oxygen atoms in total. The molecule has 1 N–H and O–H groups in total. The zero-order chi connectivity index (χ0) is 14.4. The molecule has 0 fully saturated rings. The van der Waals surface area contributed by atoms with E-state index in [4.69, 9.17) is 11.6 Å². The number of anilines is 1. The highest BCUT2D eigenvalue weighted by Gasteiger charge is 2.12. The lowest BCUT2D eigenvalue weighted by atomic mass is 10.0. The van der Waals surface area contributed by atoms with E-state index in [1.807, 2.05) is 24.3 Å². The molecule has 0 saturated carbocycles. The Morgan fingerprint density at radius 2 is 1.95 bits per heavy atom. The van der Waals surface area contributed by atoms with Gasteiger partial charge in [0.2, 0.25) is 0 Å². The van der Waals surface area contributed by atoms with Gasteiger partial charge in [-0.15, -0.1) is 0 Å². The normalized spacial score (nSPS) is 12.2. The summed E-state index contributed by atoms with van der Waals surface area (Å²) in [4.78, 5) is 4.24. The Kier molecular flexibility index (Phi) is 5.36. The molecule has 1 aromatic carbocycles. The van der Waals surface area contributed by atoms with Crippen LogP contribution >= 0.6 is 11.6 Å². The summed E-state index contributed by atoms with van der Waals surface area (Å²) < 4.78 is 13.0. The van der Waals surface area contributed by atoms with Gasteiger partial charge in [0.05, 0.1) is 6.04 Å². The molecule has 0 aliphatic rings. The van der Waals surface area contributed by atoms with Crippen LogP contribution in [0.15, 0.2) is 42.5 Å². The third-order valence-corrected chi connectivity index (χ3v) is 3.37. The number of rotatable bonds is 6. The van der Waals surface area contributed by atoms with Crippen molar-refractivity contribution < 1.29 is 4.39 Å². The first-order valence-corrected chi connectivity index (χ1v) is 7.21. The van der Waals surface area contributed by atoms with Gasteiger partial charge >= 0.3 is 0 Å². The molecule has 0 saturated heterocycles. The molecule has 20 heavy (non-hydrogen) atoms. The second kappa shape index (κ2) is 7.25. The lowest BCUT2D eigenvalue weighted by Crippen LogP contribution is -2.12. The van der Waals surface area contributed by atoms with Crippen LogP contribution in [0.2, 0.25) is 5.15 Å². The van der Waals surface area contributed by atoms with Gasteiger partial charge in [0.15, 0.2) is 0 Å². The summed E-state index contributed by atoms with van der Waals surface area (Å²) in [5, 5.41) is 3.83. The molecule has 0 spiro atoms. The Morgan fingerprint density at radius 1 is 1.20 bits per heavy atom. The van der Waals surface area contributed by atoms with E-state index in [-0.39, 0.29) is 11.9 Å². The summed E-state index contributed by atoms with van der Waals surface area (Å²) in [6, 6.07) is 12.2. The summed E-state index contributed by atoms with van der Waals surface area (Å²) >= 11 is 5.90. The third kappa shape index (κ3) is 4.20. The summed E-state index contributed by atoms with van der Waals surface area (Å²) in [7, 11) is 0. The van der Waals surface area contributed by atoms with Crippen LogP contribution in [0.4, 0.5) is 10.2 Å². The number of benzene rings is 1. The monoisotopic (exact) mass is 292 g/mol. The first-order valence-electron chi connectivity index (χ1n) is 6.83. The van der Waals surface area contributed by atoms with Gasteiger partial charge in [-0.2, -0.15) is 0 Å². The van der Waals surface area contributed by atoms with Crippen LogP contribution in [0.1, 0.15) is 37.8 Å². The predicted molar refractivity (Wildman–Crippen MR) is 81.5 cm³/mol. The molecule has 0 aliphatic carbocycles. The van der Waals surface area contributed by atoms with Gasteiger partial charge in [0.25, 0.3) is 0 Å². The Labute approximate surface area is 124 Å². The van der Waals surface area contributed by atoms with E-state index in [9.17, 15) is 4.39 Å². The summed E-state index contributed by atoms with van der Waals surface area (Å²) in [6.07, 6.45) is 3.17. The average Bonchev–Trinajstić information content (AvgIpc) is 2.44. The van der Waals surface area contributed by atoms with E-state index >= 15 is 0 Å². The maximum Gasteiger partial charge on any atom is 0.131 e. The number of nitrogens with zero attached hydrogens (tertiary/aromatic N) is 1. The summed E-state index contributed by atoms with van der Waals surface area (Å²) in [5.74, 6) is 0.520. The Bertz CT molecular complexity index is 542. The lowest BCUT2D eigenvalue weighted by Gasteiger charge is -2.19. The van der Waals surface area contributed by atoms with E-state index in [1.165, 1.54) is 12.1 Å². The summed E-state index contributed by atoms with van der Waals surface area (Å²) in [5.41, 5.74) is 1.06. The molecular weight excluding hydrogens is 275 g/mol. The third-order valence-electron chi connectivity index (χ3n) is 3.16. The van der Waals surface area contributed by atoms with E-state index < -0.39 is 0 Å². The molecular formula is C16H18ClFN2. The van der Waals surface area contributed by atoms with Gasteiger partial charge in [-0.3, -0.25) is 0 Å². The number of pyridine rings is 1. The molecule has 4 heteroatoms. The molecule has 1 heterocycles. The zero-order valence-corrected chi connectivity index (χ0v) is 12.2. The maximum absolute atomic E-state index is 13.0. The smallest absolute Gasteiger partial charge is 0.131 e. The van der Waals surface area contributed by atoms with Gasteiger partial charge in [-0.25, -0.2) is 9.37 Å². The largest absolute Gasteiger partial charge is 0.363 e. The molecule has 0 radical (unpaired) electrons. The highest BCUT2D eigenvalue weighted by molar-refractivity contribution is 6.29. The van der Waals surface area contributed by atoms with Gasteiger partial charge < -0.3 is 5.32 Å². The minimum absolute atomic E-state index is 0.113. The van der Waals surface area contributed by atoms with E-state index in [0.29, 0.717) is 5.15 Å². The Hall–Kier alpha value is -1.61. The van der Waals surface area contributed by atoms with Gasteiger partial charge in [-0.05, 0) is 36.2 Å². The minimum Gasteiger partial charge on any atom is -0.363 e. The van der Waals surface area contributed by atoms with Crippen molar-refractivity contribution >= 4 is 17.4 Å². The maximum atomic E-state index is 13.0. The molecule has 0 aliphatic heterocycles. The molecule has 1 atom stereocenters. The highest BCUT2D eigenvalue weighted by atomic mass is 35.5. The van der Waals surface area contributed by atoms with Crippen molar-refractivity contribution in [3.8, 4) is 0 Å².